The second-order valence-electron chi connectivity index (χ2n) is 6.46. The van der Waals surface area contributed by atoms with Crippen molar-refractivity contribution in [1.29, 1.82) is 0 Å². The summed E-state index contributed by atoms with van der Waals surface area (Å²) >= 11 is 0. The minimum Gasteiger partial charge on any atom is -0.508 e. The van der Waals surface area contributed by atoms with Gasteiger partial charge in [-0.2, -0.15) is 0 Å². The highest BCUT2D eigenvalue weighted by molar-refractivity contribution is 5.64. The molecule has 1 aliphatic heterocycles. The first-order valence-electron chi connectivity index (χ1n) is 7.90. The number of hydrogen-bond acceptors (Lipinski definition) is 4. The molecule has 3 N–H and O–H groups in total. The molecule has 4 nitrogen and oxygen atoms in total. The van der Waals surface area contributed by atoms with Crippen LogP contribution >= 0.6 is 0 Å². The first-order chi connectivity index (χ1) is 11.0. The topological polar surface area (TPSA) is 61.4 Å². The third-order valence-corrected chi connectivity index (χ3v) is 4.90. The van der Waals surface area contributed by atoms with E-state index in [0.29, 0.717) is 6.42 Å². The maximum Gasteiger partial charge on any atom is 0.122 e. The Morgan fingerprint density at radius 3 is 2.70 bits per heavy atom. The van der Waals surface area contributed by atoms with Crippen LogP contribution < -0.4 is 10.6 Å². The SMILES string of the molecule is C[C@@H]1[C@@H](Nc2ccccc2)c2cc(O)ccc2N[C@@]1(C)CC=O. The number of para-hydroxylation sites is 1. The van der Waals surface area contributed by atoms with Crippen LogP contribution in [-0.2, 0) is 4.79 Å². The lowest BCUT2D eigenvalue weighted by Gasteiger charge is -2.46. The smallest absolute Gasteiger partial charge is 0.122 e. The van der Waals surface area contributed by atoms with Gasteiger partial charge in [0.15, 0.2) is 0 Å². The number of carbonyl (C=O) groups is 1. The van der Waals surface area contributed by atoms with Crippen molar-refractivity contribution in [3.05, 3.63) is 54.1 Å². The number of phenols is 1. The first kappa shape index (κ1) is 15.4. The molecule has 1 aliphatic rings. The maximum atomic E-state index is 11.2. The molecule has 0 amide bonds. The maximum absolute atomic E-state index is 11.2. The molecule has 0 aromatic heterocycles. The van der Waals surface area contributed by atoms with Crippen LogP contribution in [0.4, 0.5) is 11.4 Å². The Balaban J connectivity index is 2.03. The number of aromatic hydroxyl groups is 1. The number of carbonyl (C=O) groups excluding carboxylic acids is 1. The van der Waals surface area contributed by atoms with E-state index in [4.69, 9.17) is 0 Å². The normalized spacial score (nSPS) is 26.0. The summed E-state index contributed by atoms with van der Waals surface area (Å²) in [4.78, 5) is 11.2. The Morgan fingerprint density at radius 1 is 1.26 bits per heavy atom. The molecule has 0 spiro atoms. The van der Waals surface area contributed by atoms with Crippen molar-refractivity contribution >= 4 is 17.7 Å². The van der Waals surface area contributed by atoms with E-state index in [1.54, 1.807) is 12.1 Å². The number of phenolic OH excluding ortho intramolecular Hbond substituents is 1. The minimum absolute atomic E-state index is 0.00528. The molecule has 23 heavy (non-hydrogen) atoms. The summed E-state index contributed by atoms with van der Waals surface area (Å²) in [5, 5.41) is 16.9. The highest BCUT2D eigenvalue weighted by atomic mass is 16.3. The number of aldehydes is 1. The summed E-state index contributed by atoms with van der Waals surface area (Å²) < 4.78 is 0. The summed E-state index contributed by atoms with van der Waals surface area (Å²) in [7, 11) is 0. The third-order valence-electron chi connectivity index (χ3n) is 4.90. The van der Waals surface area contributed by atoms with Crippen LogP contribution in [0, 0.1) is 5.92 Å². The van der Waals surface area contributed by atoms with Crippen molar-refractivity contribution in [1.82, 2.24) is 0 Å². The molecular formula is C19H22N2O2. The molecule has 2 aromatic rings. The van der Waals surface area contributed by atoms with E-state index in [1.165, 1.54) is 0 Å². The van der Waals surface area contributed by atoms with Crippen LogP contribution in [0.1, 0.15) is 31.9 Å². The van der Waals surface area contributed by atoms with Gasteiger partial charge in [-0.05, 0) is 37.3 Å². The fraction of sp³-hybridized carbons (Fsp3) is 0.316. The molecule has 1 heterocycles. The van der Waals surface area contributed by atoms with Gasteiger partial charge >= 0.3 is 0 Å². The van der Waals surface area contributed by atoms with Crippen molar-refractivity contribution in [2.24, 2.45) is 5.92 Å². The molecule has 0 radical (unpaired) electrons. The Labute approximate surface area is 136 Å². The van der Waals surface area contributed by atoms with Gasteiger partial charge in [0.25, 0.3) is 0 Å². The molecule has 0 fully saturated rings. The van der Waals surface area contributed by atoms with E-state index in [2.05, 4.69) is 24.5 Å². The van der Waals surface area contributed by atoms with Gasteiger partial charge in [0.05, 0.1) is 6.04 Å². The number of hydrogen-bond donors (Lipinski definition) is 3. The van der Waals surface area contributed by atoms with Crippen LogP contribution in [0.25, 0.3) is 0 Å². The molecule has 0 bridgehead atoms. The second kappa shape index (κ2) is 5.95. The lowest BCUT2D eigenvalue weighted by atomic mass is 9.73. The van der Waals surface area contributed by atoms with Crippen LogP contribution in [0.2, 0.25) is 0 Å². The quantitative estimate of drug-likeness (QED) is 0.591. The summed E-state index contributed by atoms with van der Waals surface area (Å²) in [6, 6.07) is 15.3. The van der Waals surface area contributed by atoms with E-state index < -0.39 is 0 Å². The van der Waals surface area contributed by atoms with Crippen molar-refractivity contribution in [3.8, 4) is 5.75 Å². The lowest BCUT2D eigenvalue weighted by molar-refractivity contribution is -0.109. The van der Waals surface area contributed by atoms with Crippen molar-refractivity contribution < 1.29 is 9.90 Å². The number of rotatable bonds is 4. The Bertz CT molecular complexity index is 702. The second-order valence-corrected chi connectivity index (χ2v) is 6.46. The molecule has 3 rings (SSSR count). The minimum atomic E-state index is -0.335. The van der Waals surface area contributed by atoms with Crippen molar-refractivity contribution in [2.45, 2.75) is 31.8 Å². The zero-order valence-corrected chi connectivity index (χ0v) is 13.4. The predicted molar refractivity (Wildman–Crippen MR) is 92.8 cm³/mol. The monoisotopic (exact) mass is 310 g/mol. The highest BCUT2D eigenvalue weighted by Crippen LogP contribution is 2.45. The molecule has 4 heteroatoms. The number of benzene rings is 2. The van der Waals surface area contributed by atoms with Gasteiger partial charge in [0, 0.05) is 34.8 Å². The largest absolute Gasteiger partial charge is 0.508 e. The first-order valence-corrected chi connectivity index (χ1v) is 7.90. The van der Waals surface area contributed by atoms with Gasteiger partial charge in [-0.1, -0.05) is 25.1 Å². The van der Waals surface area contributed by atoms with Gasteiger partial charge in [0.2, 0.25) is 0 Å². The molecular weight excluding hydrogens is 288 g/mol. The van der Waals surface area contributed by atoms with Crippen molar-refractivity contribution in [2.75, 3.05) is 10.6 Å². The van der Waals surface area contributed by atoms with Crippen LogP contribution in [0.3, 0.4) is 0 Å². The Hall–Kier alpha value is -2.49. The molecule has 2 aromatic carbocycles. The highest BCUT2D eigenvalue weighted by Gasteiger charge is 2.42. The Kier molecular flexibility index (Phi) is 3.99. The average molecular weight is 310 g/mol. The molecule has 0 saturated carbocycles. The van der Waals surface area contributed by atoms with Crippen molar-refractivity contribution in [3.63, 3.8) is 0 Å². The van der Waals surface area contributed by atoms with E-state index >= 15 is 0 Å². The molecule has 3 atom stereocenters. The van der Waals surface area contributed by atoms with E-state index in [0.717, 1.165) is 23.2 Å². The third kappa shape index (κ3) is 2.89. The Morgan fingerprint density at radius 2 is 2.00 bits per heavy atom. The molecule has 120 valence electrons. The summed E-state index contributed by atoms with van der Waals surface area (Å²) in [6.07, 6.45) is 1.40. The van der Waals surface area contributed by atoms with Gasteiger partial charge in [-0.3, -0.25) is 0 Å². The van der Waals surface area contributed by atoms with Gasteiger partial charge in [-0.25, -0.2) is 0 Å². The van der Waals surface area contributed by atoms with E-state index in [9.17, 15) is 9.90 Å². The number of fused-ring (bicyclic) bond motifs is 1. The van der Waals surface area contributed by atoms with E-state index in [-0.39, 0.29) is 23.2 Å². The van der Waals surface area contributed by atoms with E-state index in [1.807, 2.05) is 36.4 Å². The zero-order valence-electron chi connectivity index (χ0n) is 13.4. The predicted octanol–water partition coefficient (Wildman–Crippen LogP) is 3.95. The standard InChI is InChI=1S/C19H22N2O2/c1-13-18(20-14-6-4-3-5-7-14)16-12-15(23)8-9-17(16)21-19(13,2)10-11-22/h3-9,11-13,18,20-21,23H,10H2,1-2H3/t13-,18-,19+/m1/s1. The van der Waals surface area contributed by atoms with Crippen LogP contribution in [0.15, 0.2) is 48.5 Å². The summed E-state index contributed by atoms with van der Waals surface area (Å²) in [5.41, 5.74) is 2.66. The summed E-state index contributed by atoms with van der Waals surface area (Å²) in [5.74, 6) is 0.402. The number of nitrogens with one attached hydrogen (secondary N) is 2. The van der Waals surface area contributed by atoms with Crippen LogP contribution in [0.5, 0.6) is 5.75 Å². The summed E-state index contributed by atoms with van der Waals surface area (Å²) in [6.45, 7) is 4.20. The lowest BCUT2D eigenvalue weighted by Crippen LogP contribution is -2.49. The van der Waals surface area contributed by atoms with Crippen LogP contribution in [-0.4, -0.2) is 16.9 Å². The fourth-order valence-electron chi connectivity index (χ4n) is 3.31. The average Bonchev–Trinajstić information content (AvgIpc) is 2.54. The molecule has 0 aliphatic carbocycles. The van der Waals surface area contributed by atoms with Gasteiger partial charge < -0.3 is 20.5 Å². The molecule has 0 unspecified atom stereocenters. The number of anilines is 2. The fourth-order valence-corrected chi connectivity index (χ4v) is 3.31. The van der Waals surface area contributed by atoms with Gasteiger partial charge in [-0.15, -0.1) is 0 Å². The zero-order chi connectivity index (χ0) is 16.4. The van der Waals surface area contributed by atoms with Gasteiger partial charge in [0.1, 0.15) is 12.0 Å². The molecule has 0 saturated heterocycles.